The van der Waals surface area contributed by atoms with E-state index < -0.39 is 23.6 Å². The summed E-state index contributed by atoms with van der Waals surface area (Å²) >= 11 is 0. The molecule has 1 N–H and O–H groups in total. The molecule has 0 aliphatic heterocycles. The maximum absolute atomic E-state index is 13.3. The summed E-state index contributed by atoms with van der Waals surface area (Å²) in [6.07, 6.45) is 0. The van der Waals surface area contributed by atoms with E-state index in [2.05, 4.69) is 4.98 Å². The number of carboxylic acids is 1. The Kier molecular flexibility index (Phi) is 3.48. The normalized spacial score (nSPS) is 12.8. The number of hydrogen-bond donors (Lipinski definition) is 1. The van der Waals surface area contributed by atoms with Gasteiger partial charge in [0.1, 0.15) is 18.5 Å². The summed E-state index contributed by atoms with van der Waals surface area (Å²) in [6, 6.07) is 0.922. The molecule has 0 saturated heterocycles. The van der Waals surface area contributed by atoms with E-state index in [0.717, 1.165) is 12.1 Å². The molecule has 0 aliphatic carbocycles. The number of carbonyl (C=O) groups is 1. The summed E-state index contributed by atoms with van der Waals surface area (Å²) in [5.74, 6) is -2.86. The topological polar surface area (TPSA) is 64.4 Å². The van der Waals surface area contributed by atoms with Crippen LogP contribution >= 0.6 is 0 Å². The van der Waals surface area contributed by atoms with Crippen LogP contribution in [0, 0.1) is 11.6 Å². The van der Waals surface area contributed by atoms with Crippen LogP contribution in [0.3, 0.4) is 0 Å². The van der Waals surface area contributed by atoms with Crippen LogP contribution < -0.4 is 0 Å². The maximum Gasteiger partial charge on any atom is 0.326 e. The summed E-state index contributed by atoms with van der Waals surface area (Å²) in [4.78, 5) is 15.2. The van der Waals surface area contributed by atoms with Gasteiger partial charge in [0, 0.05) is 19.2 Å². The second-order valence-electron chi connectivity index (χ2n) is 4.10. The van der Waals surface area contributed by atoms with Crippen LogP contribution in [0.1, 0.15) is 18.8 Å². The number of benzene rings is 1. The third kappa shape index (κ3) is 2.28. The lowest BCUT2D eigenvalue weighted by molar-refractivity contribution is -0.140. The van der Waals surface area contributed by atoms with Gasteiger partial charge in [0.15, 0.2) is 11.6 Å². The summed E-state index contributed by atoms with van der Waals surface area (Å²) in [7, 11) is 1.43. The number of carboxylic acid groups (broad SMARTS) is 1. The Balaban J connectivity index is 2.72. The smallest absolute Gasteiger partial charge is 0.326 e. The zero-order chi connectivity index (χ0) is 14.2. The Labute approximate surface area is 107 Å². The van der Waals surface area contributed by atoms with Crippen molar-refractivity contribution in [3.8, 4) is 0 Å². The number of methoxy groups -OCH3 is 1. The van der Waals surface area contributed by atoms with E-state index in [9.17, 15) is 13.6 Å². The van der Waals surface area contributed by atoms with Crippen LogP contribution in [0.4, 0.5) is 8.78 Å². The molecule has 2 rings (SSSR count). The fourth-order valence-electron chi connectivity index (χ4n) is 1.91. The van der Waals surface area contributed by atoms with Crippen molar-refractivity contribution in [3.63, 3.8) is 0 Å². The molecule has 5 nitrogen and oxygen atoms in total. The molecule has 0 bridgehead atoms. The Morgan fingerprint density at radius 1 is 1.47 bits per heavy atom. The lowest BCUT2D eigenvalue weighted by Gasteiger charge is -2.13. The summed E-state index contributed by atoms with van der Waals surface area (Å²) in [5.41, 5.74) is 0.417. The molecular formula is C12H12F2N2O3. The molecule has 1 heterocycles. The Hall–Kier alpha value is -2.02. The first-order valence-electron chi connectivity index (χ1n) is 5.53. The van der Waals surface area contributed by atoms with Gasteiger partial charge in [-0.3, -0.25) is 0 Å². The number of aromatic nitrogens is 2. The Bertz CT molecular complexity index is 639. The molecule has 1 atom stereocenters. The van der Waals surface area contributed by atoms with Gasteiger partial charge in [0.2, 0.25) is 0 Å². The number of hydrogen-bond acceptors (Lipinski definition) is 3. The predicted octanol–water partition coefficient (Wildman–Crippen LogP) is 2.11. The van der Waals surface area contributed by atoms with Crippen LogP contribution in [0.15, 0.2) is 12.1 Å². The molecule has 1 aromatic carbocycles. The minimum Gasteiger partial charge on any atom is -0.480 e. The molecule has 0 aliphatic rings. The minimum atomic E-state index is -1.10. The van der Waals surface area contributed by atoms with Crippen molar-refractivity contribution in [1.29, 1.82) is 0 Å². The van der Waals surface area contributed by atoms with Gasteiger partial charge in [-0.1, -0.05) is 0 Å². The van der Waals surface area contributed by atoms with Crippen molar-refractivity contribution in [1.82, 2.24) is 9.55 Å². The standard InChI is InChI=1S/C12H12F2N2O3/c1-6(12(17)18)16-10-4-8(14)7(13)3-9(10)15-11(16)5-19-2/h3-4,6H,5H2,1-2H3,(H,17,18). The van der Waals surface area contributed by atoms with E-state index in [1.807, 2.05) is 0 Å². The molecule has 0 fully saturated rings. The van der Waals surface area contributed by atoms with Crippen molar-refractivity contribution in [3.05, 3.63) is 29.6 Å². The van der Waals surface area contributed by atoms with E-state index >= 15 is 0 Å². The van der Waals surface area contributed by atoms with Crippen molar-refractivity contribution in [2.75, 3.05) is 7.11 Å². The van der Waals surface area contributed by atoms with E-state index in [4.69, 9.17) is 9.84 Å². The molecule has 0 saturated carbocycles. The fourth-order valence-corrected chi connectivity index (χ4v) is 1.91. The second-order valence-corrected chi connectivity index (χ2v) is 4.10. The molecule has 7 heteroatoms. The van der Waals surface area contributed by atoms with Crippen molar-refractivity contribution in [2.24, 2.45) is 0 Å². The number of fused-ring (bicyclic) bond motifs is 1. The molecule has 0 radical (unpaired) electrons. The largest absolute Gasteiger partial charge is 0.480 e. The van der Waals surface area contributed by atoms with Gasteiger partial charge in [-0.25, -0.2) is 18.6 Å². The zero-order valence-corrected chi connectivity index (χ0v) is 10.4. The lowest BCUT2D eigenvalue weighted by Crippen LogP contribution is -2.18. The molecule has 1 aromatic heterocycles. The molecule has 19 heavy (non-hydrogen) atoms. The van der Waals surface area contributed by atoms with Gasteiger partial charge < -0.3 is 14.4 Å². The van der Waals surface area contributed by atoms with E-state index in [0.29, 0.717) is 5.82 Å². The first-order chi connectivity index (χ1) is 8.95. The molecular weight excluding hydrogens is 258 g/mol. The van der Waals surface area contributed by atoms with Crippen molar-refractivity contribution < 1.29 is 23.4 Å². The summed E-state index contributed by atoms with van der Waals surface area (Å²) in [6.45, 7) is 1.49. The number of aliphatic carboxylic acids is 1. The molecule has 0 amide bonds. The fraction of sp³-hybridized carbons (Fsp3) is 0.333. The predicted molar refractivity (Wildman–Crippen MR) is 62.7 cm³/mol. The van der Waals surface area contributed by atoms with Gasteiger partial charge in [-0.05, 0) is 6.92 Å². The average Bonchev–Trinajstić information content (AvgIpc) is 2.66. The number of rotatable bonds is 4. The number of nitrogens with zero attached hydrogens (tertiary/aromatic N) is 2. The van der Waals surface area contributed by atoms with Crippen LogP contribution in [-0.4, -0.2) is 27.7 Å². The van der Waals surface area contributed by atoms with E-state index in [1.165, 1.54) is 18.6 Å². The lowest BCUT2D eigenvalue weighted by atomic mass is 10.2. The third-order valence-corrected chi connectivity index (χ3v) is 2.82. The van der Waals surface area contributed by atoms with E-state index in [-0.39, 0.29) is 17.6 Å². The highest BCUT2D eigenvalue weighted by Gasteiger charge is 2.22. The maximum atomic E-state index is 13.3. The third-order valence-electron chi connectivity index (χ3n) is 2.82. The number of imidazole rings is 1. The van der Waals surface area contributed by atoms with Gasteiger partial charge in [0.25, 0.3) is 0 Å². The van der Waals surface area contributed by atoms with E-state index in [1.54, 1.807) is 0 Å². The second kappa shape index (κ2) is 4.93. The Morgan fingerprint density at radius 3 is 2.68 bits per heavy atom. The SMILES string of the molecule is COCc1nc2cc(F)c(F)cc2n1C(C)C(=O)O. The Morgan fingerprint density at radius 2 is 2.11 bits per heavy atom. The van der Waals surface area contributed by atoms with Crippen LogP contribution in [0.25, 0.3) is 11.0 Å². The summed E-state index contributed by atoms with van der Waals surface area (Å²) in [5, 5.41) is 9.07. The first-order valence-corrected chi connectivity index (χ1v) is 5.53. The van der Waals surface area contributed by atoms with Crippen molar-refractivity contribution in [2.45, 2.75) is 19.6 Å². The number of ether oxygens (including phenoxy) is 1. The van der Waals surface area contributed by atoms with Crippen LogP contribution in [-0.2, 0) is 16.1 Å². The molecule has 0 spiro atoms. The van der Waals surface area contributed by atoms with Crippen LogP contribution in [0.2, 0.25) is 0 Å². The zero-order valence-electron chi connectivity index (χ0n) is 10.4. The van der Waals surface area contributed by atoms with Crippen LogP contribution in [0.5, 0.6) is 0 Å². The number of halogens is 2. The monoisotopic (exact) mass is 270 g/mol. The van der Waals surface area contributed by atoms with Gasteiger partial charge in [-0.2, -0.15) is 0 Å². The molecule has 102 valence electrons. The highest BCUT2D eigenvalue weighted by molar-refractivity contribution is 5.80. The molecule has 1 unspecified atom stereocenters. The minimum absolute atomic E-state index is 0.0511. The van der Waals surface area contributed by atoms with Gasteiger partial charge in [0.05, 0.1) is 11.0 Å². The average molecular weight is 270 g/mol. The quantitative estimate of drug-likeness (QED) is 0.924. The highest BCUT2D eigenvalue weighted by Crippen LogP contribution is 2.24. The first kappa shape index (κ1) is 13.4. The highest BCUT2D eigenvalue weighted by atomic mass is 19.2. The van der Waals surface area contributed by atoms with Gasteiger partial charge in [-0.15, -0.1) is 0 Å². The van der Waals surface area contributed by atoms with Gasteiger partial charge >= 0.3 is 5.97 Å². The summed E-state index contributed by atoms with van der Waals surface area (Å²) < 4.78 is 32.7. The molecule has 2 aromatic rings. The van der Waals surface area contributed by atoms with Crippen molar-refractivity contribution >= 4 is 17.0 Å².